The fourth-order valence-electron chi connectivity index (χ4n) is 5.85. The van der Waals surface area contributed by atoms with E-state index in [-0.39, 0.29) is 17.9 Å². The fourth-order valence-corrected chi connectivity index (χ4v) is 5.85. The number of carbonyl (C=O) groups excluding carboxylic acids is 3. The van der Waals surface area contributed by atoms with Crippen molar-refractivity contribution in [3.63, 3.8) is 0 Å². The minimum Gasteiger partial charge on any atom is -0.468 e. The second kappa shape index (κ2) is 6.77. The number of amides is 2. The Kier molecular flexibility index (Phi) is 4.29. The van der Waals surface area contributed by atoms with Gasteiger partial charge in [-0.3, -0.25) is 24.2 Å². The first-order valence-corrected chi connectivity index (χ1v) is 10.3. The zero-order valence-electron chi connectivity index (χ0n) is 17.1. The van der Waals surface area contributed by atoms with E-state index < -0.39 is 23.3 Å². The van der Waals surface area contributed by atoms with Crippen molar-refractivity contribution in [1.29, 1.82) is 0 Å². The molecule has 4 atom stereocenters. The summed E-state index contributed by atoms with van der Waals surface area (Å²) in [6, 6.07) is 17.9. The molecule has 0 radical (unpaired) electrons. The summed E-state index contributed by atoms with van der Waals surface area (Å²) >= 11 is 0. The second-order valence-electron chi connectivity index (χ2n) is 8.38. The van der Waals surface area contributed by atoms with E-state index in [2.05, 4.69) is 17.0 Å². The Morgan fingerprint density at radius 3 is 2.33 bits per heavy atom. The van der Waals surface area contributed by atoms with Crippen LogP contribution in [0.1, 0.15) is 24.4 Å². The molecule has 0 bridgehead atoms. The molecule has 30 heavy (non-hydrogen) atoms. The van der Waals surface area contributed by atoms with E-state index in [1.165, 1.54) is 19.1 Å². The van der Waals surface area contributed by atoms with E-state index in [1.54, 1.807) is 0 Å². The number of likely N-dealkylation sites (tertiary alicyclic amines) is 1. The second-order valence-corrected chi connectivity index (χ2v) is 8.38. The van der Waals surface area contributed by atoms with E-state index in [0.717, 1.165) is 23.1 Å². The maximum absolute atomic E-state index is 13.1. The van der Waals surface area contributed by atoms with Crippen molar-refractivity contribution in [3.05, 3.63) is 60.2 Å². The molecular weight excluding hydrogens is 380 g/mol. The molecule has 3 unspecified atom stereocenters. The molecule has 3 fully saturated rings. The van der Waals surface area contributed by atoms with Gasteiger partial charge in [-0.25, -0.2) is 0 Å². The normalized spacial score (nSPS) is 30.5. The van der Waals surface area contributed by atoms with Crippen LogP contribution in [0.4, 0.5) is 0 Å². The zero-order chi connectivity index (χ0) is 21.0. The number of rotatable bonds is 3. The Morgan fingerprint density at radius 2 is 1.67 bits per heavy atom. The molecule has 0 saturated carbocycles. The van der Waals surface area contributed by atoms with Gasteiger partial charge in [-0.15, -0.1) is 0 Å². The number of hydrogen-bond acceptors (Lipinski definition) is 5. The van der Waals surface area contributed by atoms with Crippen molar-refractivity contribution in [2.45, 2.75) is 24.4 Å². The number of esters is 1. The smallest absolute Gasteiger partial charge is 0.327 e. The van der Waals surface area contributed by atoms with Crippen LogP contribution in [-0.2, 0) is 19.1 Å². The van der Waals surface area contributed by atoms with Crippen LogP contribution in [0.15, 0.2) is 54.6 Å². The predicted molar refractivity (Wildman–Crippen MR) is 110 cm³/mol. The molecule has 3 aliphatic heterocycles. The Labute approximate surface area is 175 Å². The molecule has 154 valence electrons. The molecule has 2 amide bonds. The first-order chi connectivity index (χ1) is 14.5. The van der Waals surface area contributed by atoms with Crippen molar-refractivity contribution >= 4 is 17.8 Å². The summed E-state index contributed by atoms with van der Waals surface area (Å²) in [5, 5.41) is 0. The lowest BCUT2D eigenvalue weighted by atomic mass is 9.77. The maximum Gasteiger partial charge on any atom is 0.327 e. The van der Waals surface area contributed by atoms with Gasteiger partial charge in [-0.05, 0) is 36.1 Å². The number of benzene rings is 2. The van der Waals surface area contributed by atoms with Crippen molar-refractivity contribution in [2.75, 3.05) is 20.7 Å². The molecular formula is C24H24N2O4. The van der Waals surface area contributed by atoms with E-state index in [4.69, 9.17) is 4.74 Å². The Morgan fingerprint density at radius 1 is 1.00 bits per heavy atom. The highest BCUT2D eigenvalue weighted by Gasteiger charge is 2.72. The summed E-state index contributed by atoms with van der Waals surface area (Å²) in [6.07, 6.45) is 1.33. The molecule has 3 heterocycles. The molecule has 6 nitrogen and oxygen atoms in total. The Bertz CT molecular complexity index is 1020. The highest BCUT2D eigenvalue weighted by Crippen LogP contribution is 2.59. The number of fused-ring (bicyclic) bond motifs is 3. The van der Waals surface area contributed by atoms with E-state index in [1.807, 2.05) is 42.5 Å². The quantitative estimate of drug-likeness (QED) is 0.581. The molecule has 2 aromatic rings. The van der Waals surface area contributed by atoms with Crippen LogP contribution < -0.4 is 0 Å². The van der Waals surface area contributed by atoms with Gasteiger partial charge in [0.25, 0.3) is 0 Å². The minimum absolute atomic E-state index is 0.209. The van der Waals surface area contributed by atoms with Crippen LogP contribution in [0.25, 0.3) is 11.1 Å². The monoisotopic (exact) mass is 404 g/mol. The minimum atomic E-state index is -1.06. The summed E-state index contributed by atoms with van der Waals surface area (Å²) in [7, 11) is 2.87. The lowest BCUT2D eigenvalue weighted by Crippen LogP contribution is -2.54. The first-order valence-electron chi connectivity index (χ1n) is 10.3. The number of imide groups is 1. The molecule has 0 aromatic heterocycles. The number of nitrogens with zero attached hydrogens (tertiary/aromatic N) is 2. The zero-order valence-corrected chi connectivity index (χ0v) is 17.1. The van der Waals surface area contributed by atoms with Gasteiger partial charge in [0.2, 0.25) is 11.8 Å². The molecule has 0 spiro atoms. The molecule has 5 rings (SSSR count). The van der Waals surface area contributed by atoms with E-state index in [0.29, 0.717) is 13.0 Å². The molecule has 2 aromatic carbocycles. The van der Waals surface area contributed by atoms with Crippen LogP contribution in [0.2, 0.25) is 0 Å². The number of ether oxygens (including phenoxy) is 1. The average molecular weight is 404 g/mol. The number of hydrogen-bond donors (Lipinski definition) is 0. The lowest BCUT2D eigenvalue weighted by Gasteiger charge is -2.35. The summed E-state index contributed by atoms with van der Waals surface area (Å²) < 4.78 is 5.16. The van der Waals surface area contributed by atoms with Gasteiger partial charge in [0.05, 0.1) is 18.9 Å². The SMILES string of the molecule is COC(=O)[C@@]12CCCN1C(c1ccc(-c3ccccc3)cc1)C1C(=O)N(C)C(=O)C12. The molecule has 3 saturated heterocycles. The van der Waals surface area contributed by atoms with E-state index >= 15 is 0 Å². The van der Waals surface area contributed by atoms with Gasteiger partial charge in [0, 0.05) is 13.1 Å². The van der Waals surface area contributed by atoms with Crippen LogP contribution >= 0.6 is 0 Å². The van der Waals surface area contributed by atoms with Gasteiger partial charge in [-0.1, -0.05) is 54.6 Å². The molecule has 3 aliphatic rings. The highest BCUT2D eigenvalue weighted by atomic mass is 16.5. The Hall–Kier alpha value is -2.99. The largest absolute Gasteiger partial charge is 0.468 e. The van der Waals surface area contributed by atoms with Gasteiger partial charge in [0.15, 0.2) is 0 Å². The summed E-state index contributed by atoms with van der Waals surface area (Å²) in [5.74, 6) is -2.14. The summed E-state index contributed by atoms with van der Waals surface area (Å²) in [6.45, 7) is 0.664. The van der Waals surface area contributed by atoms with Gasteiger partial charge in [0.1, 0.15) is 5.54 Å². The summed E-state index contributed by atoms with van der Waals surface area (Å²) in [4.78, 5) is 42.4. The van der Waals surface area contributed by atoms with E-state index in [9.17, 15) is 14.4 Å². The fraction of sp³-hybridized carbons (Fsp3) is 0.375. The van der Waals surface area contributed by atoms with Crippen LogP contribution in [0.3, 0.4) is 0 Å². The van der Waals surface area contributed by atoms with Crippen LogP contribution in [0.5, 0.6) is 0 Å². The Balaban J connectivity index is 1.60. The standard InChI is InChI=1S/C24H24N2O4/c1-25-21(27)18-19(22(25)28)24(23(29)30-2)13-6-14-26(24)20(18)17-11-9-16(10-12-17)15-7-4-3-5-8-15/h3-5,7-12,18-20H,6,13-14H2,1-2H3/t18?,19?,20?,24-/m0/s1. The molecule has 6 heteroatoms. The van der Waals surface area contributed by atoms with Crippen LogP contribution in [0, 0.1) is 11.8 Å². The third kappa shape index (κ3) is 2.37. The third-order valence-corrected chi connectivity index (χ3v) is 7.13. The van der Waals surface area contributed by atoms with Crippen molar-refractivity contribution in [3.8, 4) is 11.1 Å². The third-order valence-electron chi connectivity index (χ3n) is 7.13. The predicted octanol–water partition coefficient (Wildman–Crippen LogP) is 2.65. The number of methoxy groups -OCH3 is 1. The maximum atomic E-state index is 13.1. The van der Waals surface area contributed by atoms with Gasteiger partial charge < -0.3 is 4.74 Å². The number of carbonyl (C=O) groups is 3. The topological polar surface area (TPSA) is 66.9 Å². The molecule has 0 aliphatic carbocycles. The lowest BCUT2D eigenvalue weighted by molar-refractivity contribution is -0.158. The summed E-state index contributed by atoms with van der Waals surface area (Å²) in [5.41, 5.74) is 2.10. The van der Waals surface area contributed by atoms with Gasteiger partial charge in [-0.2, -0.15) is 0 Å². The van der Waals surface area contributed by atoms with Crippen LogP contribution in [-0.4, -0.2) is 53.8 Å². The molecule has 0 N–H and O–H groups in total. The van der Waals surface area contributed by atoms with Crippen molar-refractivity contribution in [1.82, 2.24) is 9.80 Å². The first kappa shape index (κ1) is 19.0. The highest BCUT2D eigenvalue weighted by molar-refractivity contribution is 6.09. The van der Waals surface area contributed by atoms with Crippen molar-refractivity contribution < 1.29 is 19.1 Å². The average Bonchev–Trinajstić information content (AvgIpc) is 3.40. The van der Waals surface area contributed by atoms with Gasteiger partial charge >= 0.3 is 5.97 Å². The van der Waals surface area contributed by atoms with Crippen molar-refractivity contribution in [2.24, 2.45) is 11.8 Å².